The summed E-state index contributed by atoms with van der Waals surface area (Å²) in [5.41, 5.74) is 0.726. The molecular weight excluding hydrogens is 364 g/mol. The van der Waals surface area contributed by atoms with Crippen molar-refractivity contribution in [3.05, 3.63) is 29.8 Å². The lowest BCUT2D eigenvalue weighted by Gasteiger charge is -2.28. The van der Waals surface area contributed by atoms with Gasteiger partial charge in [-0.15, -0.1) is 0 Å². The van der Waals surface area contributed by atoms with Crippen molar-refractivity contribution in [1.82, 2.24) is 9.80 Å². The maximum absolute atomic E-state index is 12.8. The molecule has 1 aliphatic carbocycles. The lowest BCUT2D eigenvalue weighted by atomic mass is 9.86. The fourth-order valence-corrected chi connectivity index (χ4v) is 5.08. The first-order chi connectivity index (χ1) is 14.2. The van der Waals surface area contributed by atoms with Crippen LogP contribution in [-0.2, 0) is 4.79 Å². The molecule has 3 fully saturated rings. The Morgan fingerprint density at radius 1 is 0.862 bits per heavy atom. The van der Waals surface area contributed by atoms with Gasteiger partial charge in [0.25, 0.3) is 5.91 Å². The molecule has 0 unspecified atom stereocenters. The molecule has 0 bridgehead atoms. The molecule has 0 radical (unpaired) electrons. The van der Waals surface area contributed by atoms with E-state index in [1.165, 1.54) is 32.1 Å². The second-order valence-corrected chi connectivity index (χ2v) is 8.93. The first-order valence-corrected chi connectivity index (χ1v) is 11.5. The van der Waals surface area contributed by atoms with Crippen molar-refractivity contribution in [3.8, 4) is 5.75 Å². The Labute approximate surface area is 174 Å². The van der Waals surface area contributed by atoms with Crippen molar-refractivity contribution in [2.75, 3.05) is 26.2 Å². The molecule has 0 aromatic heterocycles. The topological polar surface area (TPSA) is 49.9 Å². The van der Waals surface area contributed by atoms with E-state index < -0.39 is 0 Å². The van der Waals surface area contributed by atoms with Crippen LogP contribution in [0.25, 0.3) is 0 Å². The monoisotopic (exact) mass is 398 g/mol. The van der Waals surface area contributed by atoms with Crippen molar-refractivity contribution in [2.24, 2.45) is 5.92 Å². The lowest BCUT2D eigenvalue weighted by Crippen LogP contribution is -2.39. The number of nitrogens with zero attached hydrogens (tertiary/aromatic N) is 2. The third-order valence-electron chi connectivity index (χ3n) is 6.82. The Morgan fingerprint density at radius 3 is 2.31 bits per heavy atom. The zero-order valence-corrected chi connectivity index (χ0v) is 17.5. The van der Waals surface area contributed by atoms with Gasteiger partial charge in [0.15, 0.2) is 0 Å². The predicted molar refractivity (Wildman–Crippen MR) is 113 cm³/mol. The minimum Gasteiger partial charge on any atom is -0.491 e. The van der Waals surface area contributed by atoms with Gasteiger partial charge < -0.3 is 14.5 Å². The van der Waals surface area contributed by atoms with Crippen LogP contribution in [0.15, 0.2) is 24.3 Å². The Kier molecular flexibility index (Phi) is 6.73. The van der Waals surface area contributed by atoms with Crippen LogP contribution in [0.3, 0.4) is 0 Å². The number of likely N-dealkylation sites (tertiary alicyclic amines) is 2. The quantitative estimate of drug-likeness (QED) is 0.719. The zero-order chi connectivity index (χ0) is 20.1. The van der Waals surface area contributed by atoms with Gasteiger partial charge in [-0.05, 0) is 68.7 Å². The number of amides is 2. The molecule has 29 heavy (non-hydrogen) atoms. The molecule has 5 heteroatoms. The first-order valence-electron chi connectivity index (χ1n) is 11.5. The highest BCUT2D eigenvalue weighted by Crippen LogP contribution is 2.29. The fourth-order valence-electron chi connectivity index (χ4n) is 5.08. The number of hydrogen-bond donors (Lipinski definition) is 0. The number of benzene rings is 1. The molecule has 5 nitrogen and oxygen atoms in total. The average Bonchev–Trinajstić information content (AvgIpc) is 3.45. The van der Waals surface area contributed by atoms with Crippen LogP contribution in [0, 0.1) is 5.92 Å². The Morgan fingerprint density at radius 2 is 1.59 bits per heavy atom. The molecule has 2 heterocycles. The molecule has 3 aliphatic rings. The minimum absolute atomic E-state index is 0.115. The first kappa shape index (κ1) is 20.2. The van der Waals surface area contributed by atoms with Gasteiger partial charge in [-0.1, -0.05) is 19.3 Å². The summed E-state index contributed by atoms with van der Waals surface area (Å²) in [5, 5.41) is 0. The predicted octanol–water partition coefficient (Wildman–Crippen LogP) is 4.26. The van der Waals surface area contributed by atoms with Gasteiger partial charge in [-0.2, -0.15) is 0 Å². The smallest absolute Gasteiger partial charge is 0.253 e. The Balaban J connectivity index is 1.27. The van der Waals surface area contributed by atoms with Gasteiger partial charge in [0.1, 0.15) is 12.4 Å². The molecule has 2 aliphatic heterocycles. The highest BCUT2D eigenvalue weighted by molar-refractivity contribution is 5.94. The average molecular weight is 399 g/mol. The summed E-state index contributed by atoms with van der Waals surface area (Å²) in [4.78, 5) is 29.2. The number of ether oxygens (including phenoxy) is 1. The van der Waals surface area contributed by atoms with Crippen LogP contribution in [0.2, 0.25) is 0 Å². The maximum Gasteiger partial charge on any atom is 0.253 e. The Hall–Kier alpha value is -2.04. The molecule has 1 aromatic rings. The van der Waals surface area contributed by atoms with Crippen LogP contribution in [0.5, 0.6) is 5.75 Å². The van der Waals surface area contributed by atoms with Crippen LogP contribution >= 0.6 is 0 Å². The molecule has 2 saturated heterocycles. The van der Waals surface area contributed by atoms with Crippen molar-refractivity contribution in [2.45, 2.75) is 70.3 Å². The summed E-state index contributed by atoms with van der Waals surface area (Å²) in [5.74, 6) is 1.78. The van der Waals surface area contributed by atoms with E-state index in [-0.39, 0.29) is 11.9 Å². The number of rotatable bonds is 6. The summed E-state index contributed by atoms with van der Waals surface area (Å²) < 4.78 is 6.00. The van der Waals surface area contributed by atoms with E-state index in [2.05, 4.69) is 4.90 Å². The molecule has 4 rings (SSSR count). The number of hydrogen-bond acceptors (Lipinski definition) is 3. The second-order valence-electron chi connectivity index (χ2n) is 8.93. The van der Waals surface area contributed by atoms with Gasteiger partial charge in [0.05, 0.1) is 6.04 Å². The van der Waals surface area contributed by atoms with E-state index >= 15 is 0 Å². The van der Waals surface area contributed by atoms with Gasteiger partial charge in [-0.25, -0.2) is 0 Å². The van der Waals surface area contributed by atoms with Gasteiger partial charge in [-0.3, -0.25) is 9.59 Å². The van der Waals surface area contributed by atoms with Crippen LogP contribution in [0.4, 0.5) is 0 Å². The van der Waals surface area contributed by atoms with Crippen molar-refractivity contribution < 1.29 is 14.3 Å². The van der Waals surface area contributed by atoms with Gasteiger partial charge in [0, 0.05) is 31.6 Å². The molecule has 1 atom stereocenters. The van der Waals surface area contributed by atoms with E-state index in [9.17, 15) is 9.59 Å². The zero-order valence-electron chi connectivity index (χ0n) is 17.5. The van der Waals surface area contributed by atoms with E-state index in [1.807, 2.05) is 29.2 Å². The van der Waals surface area contributed by atoms with Crippen LogP contribution < -0.4 is 4.74 Å². The normalized spacial score (nSPS) is 22.8. The van der Waals surface area contributed by atoms with Crippen molar-refractivity contribution >= 4 is 11.8 Å². The van der Waals surface area contributed by atoms with E-state index in [0.29, 0.717) is 24.9 Å². The summed E-state index contributed by atoms with van der Waals surface area (Å²) in [6.07, 6.45) is 11.3. The molecule has 158 valence electrons. The Bertz CT molecular complexity index is 691. The molecule has 1 aromatic carbocycles. The van der Waals surface area contributed by atoms with Crippen LogP contribution in [-0.4, -0.2) is 53.9 Å². The molecular formula is C24H34N2O3. The maximum atomic E-state index is 12.8. The number of carbonyl (C=O) groups excluding carboxylic acids is 2. The largest absolute Gasteiger partial charge is 0.491 e. The van der Waals surface area contributed by atoms with E-state index in [1.54, 1.807) is 0 Å². The van der Waals surface area contributed by atoms with Gasteiger partial charge in [0.2, 0.25) is 5.91 Å². The highest BCUT2D eigenvalue weighted by atomic mass is 16.5. The van der Waals surface area contributed by atoms with Crippen LogP contribution in [0.1, 0.15) is 74.6 Å². The summed E-state index contributed by atoms with van der Waals surface area (Å²) in [6, 6.07) is 7.66. The fraction of sp³-hybridized carbons (Fsp3) is 0.667. The standard InChI is InChI=1S/C24H34N2O3/c27-23(17-19-7-2-1-3-8-19)26-16-6-9-21(26)18-29-22-12-10-20(11-13-22)24(28)25-14-4-5-15-25/h10-13,19,21H,1-9,14-18H2/t21-/m1/s1. The summed E-state index contributed by atoms with van der Waals surface area (Å²) in [6.45, 7) is 3.13. The SMILES string of the molecule is O=C(c1ccc(OC[C@H]2CCCN2C(=O)CC2CCCCC2)cc1)N1CCCC1. The second kappa shape index (κ2) is 9.64. The summed E-state index contributed by atoms with van der Waals surface area (Å²) >= 11 is 0. The van der Waals surface area contributed by atoms with Crippen molar-refractivity contribution in [1.29, 1.82) is 0 Å². The van der Waals surface area contributed by atoms with E-state index in [0.717, 1.165) is 56.6 Å². The lowest BCUT2D eigenvalue weighted by molar-refractivity contribution is -0.133. The minimum atomic E-state index is 0.115. The molecule has 0 N–H and O–H groups in total. The number of carbonyl (C=O) groups is 2. The molecule has 0 spiro atoms. The third-order valence-corrected chi connectivity index (χ3v) is 6.82. The molecule has 2 amide bonds. The van der Waals surface area contributed by atoms with Gasteiger partial charge >= 0.3 is 0 Å². The summed E-state index contributed by atoms with van der Waals surface area (Å²) in [7, 11) is 0. The third kappa shape index (κ3) is 5.12. The molecule has 1 saturated carbocycles. The highest BCUT2D eigenvalue weighted by Gasteiger charge is 2.30. The van der Waals surface area contributed by atoms with E-state index in [4.69, 9.17) is 4.74 Å². The van der Waals surface area contributed by atoms with Crippen molar-refractivity contribution in [3.63, 3.8) is 0 Å².